The van der Waals surface area contributed by atoms with Crippen molar-refractivity contribution in [1.29, 1.82) is 0 Å². The fourth-order valence-corrected chi connectivity index (χ4v) is 2.18. The van der Waals surface area contributed by atoms with Gasteiger partial charge in [-0.25, -0.2) is 0 Å². The second-order valence-corrected chi connectivity index (χ2v) is 4.66. The maximum atomic E-state index is 5.82. The molecular formula is C14H20N2O. The summed E-state index contributed by atoms with van der Waals surface area (Å²) < 4.78 is 5.27. The van der Waals surface area contributed by atoms with Gasteiger partial charge < -0.3 is 15.5 Å². The van der Waals surface area contributed by atoms with Crippen LogP contribution in [0.3, 0.4) is 0 Å². The van der Waals surface area contributed by atoms with Crippen molar-refractivity contribution in [2.24, 2.45) is 5.73 Å². The Labute approximate surface area is 102 Å². The lowest BCUT2D eigenvalue weighted by Crippen LogP contribution is -2.15. The second-order valence-electron chi connectivity index (χ2n) is 4.66. The van der Waals surface area contributed by atoms with Gasteiger partial charge in [-0.3, -0.25) is 0 Å². The number of benzene rings is 1. The number of hydrogen-bond acceptors (Lipinski definition) is 2. The Morgan fingerprint density at radius 3 is 2.82 bits per heavy atom. The molecular weight excluding hydrogens is 212 g/mol. The van der Waals surface area contributed by atoms with E-state index >= 15 is 0 Å². The fraction of sp³-hybridized carbons (Fsp3) is 0.429. The predicted molar refractivity (Wildman–Crippen MR) is 71.6 cm³/mol. The molecule has 3 nitrogen and oxygen atoms in total. The zero-order valence-electron chi connectivity index (χ0n) is 10.7. The normalized spacial score (nSPS) is 12.9. The molecule has 1 aromatic carbocycles. The molecule has 0 spiro atoms. The predicted octanol–water partition coefficient (Wildman–Crippen LogP) is 2.76. The van der Waals surface area contributed by atoms with Gasteiger partial charge in [0.1, 0.15) is 5.75 Å². The first kappa shape index (κ1) is 12.0. The van der Waals surface area contributed by atoms with Gasteiger partial charge in [0.05, 0.1) is 7.11 Å². The highest BCUT2D eigenvalue weighted by Gasteiger charge is 2.09. The van der Waals surface area contributed by atoms with Gasteiger partial charge in [0, 0.05) is 22.6 Å². The van der Waals surface area contributed by atoms with E-state index < -0.39 is 0 Å². The molecule has 0 amide bonds. The molecule has 0 bridgehead atoms. The monoisotopic (exact) mass is 232 g/mol. The van der Waals surface area contributed by atoms with Gasteiger partial charge in [-0.05, 0) is 50.5 Å². The third-order valence-electron chi connectivity index (χ3n) is 3.18. The van der Waals surface area contributed by atoms with Crippen molar-refractivity contribution in [3.8, 4) is 5.75 Å². The van der Waals surface area contributed by atoms with Gasteiger partial charge >= 0.3 is 0 Å². The van der Waals surface area contributed by atoms with Gasteiger partial charge in [-0.15, -0.1) is 0 Å². The fourth-order valence-electron chi connectivity index (χ4n) is 2.18. The molecule has 0 saturated carbocycles. The van der Waals surface area contributed by atoms with Crippen LogP contribution in [0.1, 0.15) is 24.6 Å². The highest BCUT2D eigenvalue weighted by Crippen LogP contribution is 2.27. The summed E-state index contributed by atoms with van der Waals surface area (Å²) in [5.74, 6) is 0.901. The number of fused-ring (bicyclic) bond motifs is 1. The molecule has 1 unspecified atom stereocenters. The number of aryl methyl sites for hydroxylation is 2. The first-order valence-corrected chi connectivity index (χ1v) is 6.02. The minimum Gasteiger partial charge on any atom is -0.497 e. The summed E-state index contributed by atoms with van der Waals surface area (Å²) in [5.41, 5.74) is 9.58. The maximum absolute atomic E-state index is 5.82. The first-order valence-electron chi connectivity index (χ1n) is 6.02. The Kier molecular flexibility index (Phi) is 3.38. The van der Waals surface area contributed by atoms with Gasteiger partial charge in [0.15, 0.2) is 0 Å². The van der Waals surface area contributed by atoms with E-state index in [4.69, 9.17) is 10.5 Å². The number of aromatic amines is 1. The molecule has 1 heterocycles. The van der Waals surface area contributed by atoms with E-state index in [1.807, 2.05) is 13.0 Å². The van der Waals surface area contributed by atoms with Crippen LogP contribution in [-0.4, -0.2) is 18.1 Å². The average molecular weight is 232 g/mol. The van der Waals surface area contributed by atoms with Crippen LogP contribution in [0.4, 0.5) is 0 Å². The Bertz CT molecular complexity index is 514. The number of nitrogens with two attached hydrogens (primary N) is 1. The summed E-state index contributed by atoms with van der Waals surface area (Å²) in [6.07, 6.45) is 2.02. The van der Waals surface area contributed by atoms with Gasteiger partial charge in [0.25, 0.3) is 0 Å². The minimum absolute atomic E-state index is 0.241. The zero-order chi connectivity index (χ0) is 12.4. The quantitative estimate of drug-likeness (QED) is 0.851. The number of rotatable bonds is 4. The summed E-state index contributed by atoms with van der Waals surface area (Å²) in [6, 6.07) is 6.38. The van der Waals surface area contributed by atoms with Crippen LogP contribution in [-0.2, 0) is 6.42 Å². The van der Waals surface area contributed by atoms with Gasteiger partial charge in [-0.2, -0.15) is 0 Å². The standard InChI is InChI=1S/C14H20N2O/c1-9(15)4-6-12-10(2)16-14-7-5-11(17-3)8-13(12)14/h5,7-9,16H,4,6,15H2,1-3H3. The molecule has 2 rings (SSSR count). The van der Waals surface area contributed by atoms with E-state index in [2.05, 4.69) is 24.0 Å². The van der Waals surface area contributed by atoms with Crippen LogP contribution in [0.2, 0.25) is 0 Å². The van der Waals surface area contributed by atoms with E-state index in [0.29, 0.717) is 0 Å². The molecule has 1 atom stereocenters. The van der Waals surface area contributed by atoms with E-state index in [0.717, 1.165) is 18.6 Å². The Balaban J connectivity index is 2.41. The molecule has 92 valence electrons. The van der Waals surface area contributed by atoms with Crippen LogP contribution in [0.15, 0.2) is 18.2 Å². The van der Waals surface area contributed by atoms with Crippen molar-refractivity contribution in [2.75, 3.05) is 7.11 Å². The first-order chi connectivity index (χ1) is 8.11. The summed E-state index contributed by atoms with van der Waals surface area (Å²) >= 11 is 0. The number of ether oxygens (including phenoxy) is 1. The molecule has 0 aliphatic rings. The highest BCUT2D eigenvalue weighted by atomic mass is 16.5. The minimum atomic E-state index is 0.241. The number of hydrogen-bond donors (Lipinski definition) is 2. The highest BCUT2D eigenvalue weighted by molar-refractivity contribution is 5.86. The van der Waals surface area contributed by atoms with Crippen LogP contribution in [0, 0.1) is 6.92 Å². The molecule has 0 saturated heterocycles. The second kappa shape index (κ2) is 4.80. The lowest BCUT2D eigenvalue weighted by atomic mass is 10.0. The van der Waals surface area contributed by atoms with Crippen molar-refractivity contribution in [3.63, 3.8) is 0 Å². The molecule has 3 N–H and O–H groups in total. The largest absolute Gasteiger partial charge is 0.497 e. The number of H-pyrrole nitrogens is 1. The van der Waals surface area contributed by atoms with Crippen molar-refractivity contribution < 1.29 is 4.74 Å². The lowest BCUT2D eigenvalue weighted by molar-refractivity contribution is 0.415. The lowest BCUT2D eigenvalue weighted by Gasteiger charge is -2.05. The molecule has 0 fully saturated rings. The van der Waals surface area contributed by atoms with Crippen molar-refractivity contribution >= 4 is 10.9 Å². The molecule has 17 heavy (non-hydrogen) atoms. The van der Waals surface area contributed by atoms with E-state index in [-0.39, 0.29) is 6.04 Å². The van der Waals surface area contributed by atoms with Crippen molar-refractivity contribution in [3.05, 3.63) is 29.5 Å². The molecule has 0 radical (unpaired) electrons. The third kappa shape index (κ3) is 2.44. The van der Waals surface area contributed by atoms with Gasteiger partial charge in [0.2, 0.25) is 0 Å². The summed E-state index contributed by atoms with van der Waals surface area (Å²) in [6.45, 7) is 4.16. The van der Waals surface area contributed by atoms with Crippen LogP contribution in [0.5, 0.6) is 5.75 Å². The Morgan fingerprint density at radius 2 is 2.18 bits per heavy atom. The number of nitrogens with one attached hydrogen (secondary N) is 1. The topological polar surface area (TPSA) is 51.0 Å². The summed E-state index contributed by atoms with van der Waals surface area (Å²) in [7, 11) is 1.70. The molecule has 0 aliphatic heterocycles. The summed E-state index contributed by atoms with van der Waals surface area (Å²) in [5, 5.41) is 1.25. The smallest absolute Gasteiger partial charge is 0.119 e. The third-order valence-corrected chi connectivity index (χ3v) is 3.18. The van der Waals surface area contributed by atoms with E-state index in [9.17, 15) is 0 Å². The number of methoxy groups -OCH3 is 1. The molecule has 1 aromatic heterocycles. The summed E-state index contributed by atoms with van der Waals surface area (Å²) in [4.78, 5) is 3.41. The van der Waals surface area contributed by atoms with Crippen LogP contribution >= 0.6 is 0 Å². The van der Waals surface area contributed by atoms with E-state index in [1.165, 1.54) is 22.2 Å². The Morgan fingerprint density at radius 1 is 1.41 bits per heavy atom. The zero-order valence-corrected chi connectivity index (χ0v) is 10.7. The maximum Gasteiger partial charge on any atom is 0.119 e. The molecule has 0 aliphatic carbocycles. The average Bonchev–Trinajstić information content (AvgIpc) is 2.61. The van der Waals surface area contributed by atoms with Crippen LogP contribution in [0.25, 0.3) is 10.9 Å². The van der Waals surface area contributed by atoms with E-state index in [1.54, 1.807) is 7.11 Å². The Hall–Kier alpha value is -1.48. The van der Waals surface area contributed by atoms with Crippen LogP contribution < -0.4 is 10.5 Å². The number of aromatic nitrogens is 1. The molecule has 2 aromatic rings. The van der Waals surface area contributed by atoms with Crippen molar-refractivity contribution in [1.82, 2.24) is 4.98 Å². The van der Waals surface area contributed by atoms with Crippen molar-refractivity contribution in [2.45, 2.75) is 32.7 Å². The SMILES string of the molecule is COc1ccc2[nH]c(C)c(CCC(C)N)c2c1. The van der Waals surface area contributed by atoms with Gasteiger partial charge in [-0.1, -0.05) is 0 Å². The molecule has 3 heteroatoms.